The van der Waals surface area contributed by atoms with Crippen molar-refractivity contribution in [3.8, 4) is 0 Å². The highest BCUT2D eigenvalue weighted by molar-refractivity contribution is 7.11. The molecule has 0 amide bonds. The summed E-state index contributed by atoms with van der Waals surface area (Å²) >= 11 is 1.76. The summed E-state index contributed by atoms with van der Waals surface area (Å²) in [6.07, 6.45) is 3.73. The van der Waals surface area contributed by atoms with E-state index in [0.717, 1.165) is 21.8 Å². The fourth-order valence-electron chi connectivity index (χ4n) is 2.50. The van der Waals surface area contributed by atoms with Gasteiger partial charge in [-0.1, -0.05) is 12.1 Å². The van der Waals surface area contributed by atoms with Gasteiger partial charge in [0.25, 0.3) is 0 Å². The van der Waals surface area contributed by atoms with Gasteiger partial charge < -0.3 is 5.32 Å². The Bertz CT molecular complexity index is 743. The minimum absolute atomic E-state index is 0.250. The Balaban J connectivity index is 1.95. The van der Waals surface area contributed by atoms with Gasteiger partial charge in [-0.15, -0.1) is 11.3 Å². The SMILES string of the molecule is Cc1nc(C)c(C(C)Nc2cccc3cnccc23)s1. The van der Waals surface area contributed by atoms with Crippen molar-refractivity contribution in [1.29, 1.82) is 0 Å². The number of fused-ring (bicyclic) bond motifs is 1. The van der Waals surface area contributed by atoms with Gasteiger partial charge in [0, 0.05) is 33.7 Å². The number of hydrogen-bond donors (Lipinski definition) is 1. The number of rotatable bonds is 3. The summed E-state index contributed by atoms with van der Waals surface area (Å²) in [7, 11) is 0. The summed E-state index contributed by atoms with van der Waals surface area (Å²) in [6.45, 7) is 6.31. The first-order chi connectivity index (χ1) is 9.65. The normalized spacial score (nSPS) is 12.6. The van der Waals surface area contributed by atoms with Gasteiger partial charge in [-0.3, -0.25) is 4.98 Å². The molecule has 2 aromatic heterocycles. The van der Waals surface area contributed by atoms with Crippen LogP contribution in [-0.4, -0.2) is 9.97 Å². The summed E-state index contributed by atoms with van der Waals surface area (Å²) in [4.78, 5) is 9.98. The van der Waals surface area contributed by atoms with Gasteiger partial charge >= 0.3 is 0 Å². The number of pyridine rings is 1. The lowest BCUT2D eigenvalue weighted by molar-refractivity contribution is 0.892. The highest BCUT2D eigenvalue weighted by Gasteiger charge is 2.13. The quantitative estimate of drug-likeness (QED) is 0.770. The van der Waals surface area contributed by atoms with E-state index < -0.39 is 0 Å². The average Bonchev–Trinajstić information content (AvgIpc) is 2.78. The van der Waals surface area contributed by atoms with Crippen molar-refractivity contribution < 1.29 is 0 Å². The first kappa shape index (κ1) is 13.1. The first-order valence-corrected chi connectivity index (χ1v) is 7.50. The third-order valence-electron chi connectivity index (χ3n) is 3.39. The van der Waals surface area contributed by atoms with Gasteiger partial charge in [0.1, 0.15) is 0 Å². The second-order valence-electron chi connectivity index (χ2n) is 4.95. The van der Waals surface area contributed by atoms with Crippen LogP contribution >= 0.6 is 11.3 Å². The molecule has 0 saturated heterocycles. The summed E-state index contributed by atoms with van der Waals surface area (Å²) in [5.74, 6) is 0. The number of aromatic nitrogens is 2. The zero-order chi connectivity index (χ0) is 14.1. The van der Waals surface area contributed by atoms with Crippen molar-refractivity contribution in [3.05, 3.63) is 52.2 Å². The minimum atomic E-state index is 0.250. The molecule has 4 heteroatoms. The van der Waals surface area contributed by atoms with Crippen LogP contribution in [0.4, 0.5) is 5.69 Å². The van der Waals surface area contributed by atoms with Crippen LogP contribution in [0, 0.1) is 13.8 Å². The van der Waals surface area contributed by atoms with Gasteiger partial charge in [0.15, 0.2) is 0 Å². The summed E-state index contributed by atoms with van der Waals surface area (Å²) in [5, 5.41) is 7.07. The highest BCUT2D eigenvalue weighted by atomic mass is 32.1. The lowest BCUT2D eigenvalue weighted by Gasteiger charge is -2.16. The van der Waals surface area contributed by atoms with Crippen LogP contribution in [0.25, 0.3) is 10.8 Å². The molecular weight excluding hydrogens is 266 g/mol. The fourth-order valence-corrected chi connectivity index (χ4v) is 3.43. The molecule has 0 saturated carbocycles. The van der Waals surface area contributed by atoms with Crippen molar-refractivity contribution in [2.45, 2.75) is 26.8 Å². The molecule has 2 heterocycles. The zero-order valence-electron chi connectivity index (χ0n) is 11.8. The van der Waals surface area contributed by atoms with E-state index in [1.807, 2.05) is 12.4 Å². The molecule has 1 atom stereocenters. The zero-order valence-corrected chi connectivity index (χ0v) is 12.7. The molecule has 0 aliphatic heterocycles. The second-order valence-corrected chi connectivity index (χ2v) is 6.19. The van der Waals surface area contributed by atoms with Crippen LogP contribution in [0.3, 0.4) is 0 Å². The van der Waals surface area contributed by atoms with Crippen LogP contribution in [0.15, 0.2) is 36.7 Å². The standard InChI is InChI=1S/C16H17N3S/c1-10-16(20-12(3)18-10)11(2)19-15-6-4-5-13-9-17-8-7-14(13)15/h4-9,11,19H,1-3H3. The van der Waals surface area contributed by atoms with Gasteiger partial charge in [-0.05, 0) is 32.9 Å². The first-order valence-electron chi connectivity index (χ1n) is 6.68. The number of aryl methyl sites for hydroxylation is 2. The second kappa shape index (κ2) is 5.21. The van der Waals surface area contributed by atoms with Gasteiger partial charge in [-0.2, -0.15) is 0 Å². The smallest absolute Gasteiger partial charge is 0.0900 e. The lowest BCUT2D eigenvalue weighted by atomic mass is 10.1. The summed E-state index contributed by atoms with van der Waals surface area (Å²) in [5.41, 5.74) is 2.26. The Morgan fingerprint density at radius 1 is 1.20 bits per heavy atom. The van der Waals surface area contributed by atoms with E-state index in [0.29, 0.717) is 0 Å². The number of nitrogens with zero attached hydrogens (tertiary/aromatic N) is 2. The minimum Gasteiger partial charge on any atom is -0.377 e. The maximum Gasteiger partial charge on any atom is 0.0900 e. The predicted molar refractivity (Wildman–Crippen MR) is 85.4 cm³/mol. The van der Waals surface area contributed by atoms with E-state index in [9.17, 15) is 0 Å². The molecule has 3 rings (SSSR count). The van der Waals surface area contributed by atoms with Crippen LogP contribution in [-0.2, 0) is 0 Å². The van der Waals surface area contributed by atoms with Gasteiger partial charge in [0.2, 0.25) is 0 Å². The monoisotopic (exact) mass is 283 g/mol. The summed E-state index contributed by atoms with van der Waals surface area (Å²) < 4.78 is 0. The average molecular weight is 283 g/mol. The van der Waals surface area contributed by atoms with E-state index in [2.05, 4.69) is 60.3 Å². The third-order valence-corrected chi connectivity index (χ3v) is 4.64. The number of anilines is 1. The molecule has 3 aromatic rings. The van der Waals surface area contributed by atoms with Crippen LogP contribution in [0.1, 0.15) is 28.5 Å². The number of benzene rings is 1. The molecular formula is C16H17N3S. The Kier molecular flexibility index (Phi) is 3.40. The van der Waals surface area contributed by atoms with Crippen molar-refractivity contribution in [1.82, 2.24) is 9.97 Å². The molecule has 20 heavy (non-hydrogen) atoms. The van der Waals surface area contributed by atoms with Crippen molar-refractivity contribution in [2.24, 2.45) is 0 Å². The molecule has 3 nitrogen and oxygen atoms in total. The fraction of sp³-hybridized carbons (Fsp3) is 0.250. The highest BCUT2D eigenvalue weighted by Crippen LogP contribution is 2.30. The molecule has 1 N–H and O–H groups in total. The number of hydrogen-bond acceptors (Lipinski definition) is 4. The van der Waals surface area contributed by atoms with E-state index in [4.69, 9.17) is 0 Å². The maximum absolute atomic E-state index is 4.50. The molecule has 102 valence electrons. The van der Waals surface area contributed by atoms with E-state index in [1.54, 1.807) is 11.3 Å². The molecule has 0 aliphatic carbocycles. The molecule has 0 radical (unpaired) electrons. The molecule has 1 unspecified atom stereocenters. The predicted octanol–water partition coefficient (Wildman–Crippen LogP) is 4.48. The Morgan fingerprint density at radius 2 is 2.05 bits per heavy atom. The van der Waals surface area contributed by atoms with E-state index in [1.165, 1.54) is 10.3 Å². The molecule has 1 aromatic carbocycles. The molecule has 0 bridgehead atoms. The van der Waals surface area contributed by atoms with Gasteiger partial charge in [-0.25, -0.2) is 4.98 Å². The largest absolute Gasteiger partial charge is 0.377 e. The van der Waals surface area contributed by atoms with E-state index >= 15 is 0 Å². The molecule has 0 spiro atoms. The summed E-state index contributed by atoms with van der Waals surface area (Å²) in [6, 6.07) is 8.56. The Labute approximate surface area is 122 Å². The Morgan fingerprint density at radius 3 is 2.80 bits per heavy atom. The topological polar surface area (TPSA) is 37.8 Å². The van der Waals surface area contributed by atoms with E-state index in [-0.39, 0.29) is 6.04 Å². The number of thiazole rings is 1. The molecule has 0 fully saturated rings. The molecule has 0 aliphatic rings. The van der Waals surface area contributed by atoms with Crippen molar-refractivity contribution in [3.63, 3.8) is 0 Å². The Hall–Kier alpha value is -1.94. The maximum atomic E-state index is 4.50. The third kappa shape index (κ3) is 2.39. The van der Waals surface area contributed by atoms with Crippen LogP contribution in [0.5, 0.6) is 0 Å². The van der Waals surface area contributed by atoms with Crippen molar-refractivity contribution >= 4 is 27.8 Å². The van der Waals surface area contributed by atoms with Crippen LogP contribution < -0.4 is 5.32 Å². The lowest BCUT2D eigenvalue weighted by Crippen LogP contribution is -2.06. The number of nitrogens with one attached hydrogen (secondary N) is 1. The van der Waals surface area contributed by atoms with Gasteiger partial charge in [0.05, 0.1) is 16.7 Å². The van der Waals surface area contributed by atoms with Crippen molar-refractivity contribution in [2.75, 3.05) is 5.32 Å². The van der Waals surface area contributed by atoms with Crippen LogP contribution in [0.2, 0.25) is 0 Å².